The van der Waals surface area contributed by atoms with Crippen LogP contribution in [0.3, 0.4) is 0 Å². The molecule has 2 N–H and O–H groups in total. The highest BCUT2D eigenvalue weighted by Crippen LogP contribution is 2.19. The fourth-order valence-corrected chi connectivity index (χ4v) is 2.86. The van der Waals surface area contributed by atoms with Crippen molar-refractivity contribution in [2.75, 3.05) is 22.1 Å². The van der Waals surface area contributed by atoms with Crippen LogP contribution in [0.1, 0.15) is 11.6 Å². The number of anilines is 2. The van der Waals surface area contributed by atoms with Crippen molar-refractivity contribution in [3.63, 3.8) is 0 Å². The minimum atomic E-state index is -0.525. The number of carbonyl (C=O) groups is 2. The van der Waals surface area contributed by atoms with E-state index in [0.717, 1.165) is 11.8 Å². The quantitative estimate of drug-likeness (QED) is 0.608. The Balaban J connectivity index is 1.51. The Bertz CT molecular complexity index is 1000. The van der Waals surface area contributed by atoms with Crippen molar-refractivity contribution in [2.45, 2.75) is 13.8 Å². The number of hydrogen-bond acceptors (Lipinski definition) is 8. The van der Waals surface area contributed by atoms with Crippen molar-refractivity contribution in [2.24, 2.45) is 0 Å². The maximum Gasteiger partial charge on any atom is 0.235 e. The summed E-state index contributed by atoms with van der Waals surface area (Å²) in [6.45, 7) is 3.34. The van der Waals surface area contributed by atoms with Gasteiger partial charge in [0.1, 0.15) is 17.3 Å². The van der Waals surface area contributed by atoms with Gasteiger partial charge in [-0.25, -0.2) is 4.39 Å². The van der Waals surface area contributed by atoms with Crippen LogP contribution < -0.4 is 10.6 Å². The predicted molar refractivity (Wildman–Crippen MR) is 99.7 cm³/mol. The lowest BCUT2D eigenvalue weighted by atomic mass is 10.2. The molecule has 146 valence electrons. The van der Waals surface area contributed by atoms with Crippen LogP contribution in [0.5, 0.6) is 0 Å². The summed E-state index contributed by atoms with van der Waals surface area (Å²) in [5, 5.41) is 19.8. The maximum absolute atomic E-state index is 14.0. The van der Waals surface area contributed by atoms with Gasteiger partial charge in [-0.05, 0) is 42.5 Å². The number of halogens is 1. The fraction of sp³-hybridized carbons (Fsp3) is 0.250. The van der Waals surface area contributed by atoms with Crippen molar-refractivity contribution in [1.82, 2.24) is 25.4 Å². The molecule has 0 spiro atoms. The van der Waals surface area contributed by atoms with Gasteiger partial charge in [-0.15, -0.1) is 16.9 Å². The zero-order chi connectivity index (χ0) is 20.1. The van der Waals surface area contributed by atoms with Crippen LogP contribution in [0.15, 0.2) is 28.8 Å². The molecule has 0 unspecified atom stereocenters. The van der Waals surface area contributed by atoms with Crippen molar-refractivity contribution in [3.05, 3.63) is 41.7 Å². The Kier molecular flexibility index (Phi) is 5.99. The molecule has 1 aromatic carbocycles. The van der Waals surface area contributed by atoms with Gasteiger partial charge in [-0.1, -0.05) is 5.16 Å². The van der Waals surface area contributed by atoms with E-state index in [9.17, 15) is 14.0 Å². The molecule has 0 aliphatic heterocycles. The number of nitrogens with zero attached hydrogens (tertiary/aromatic N) is 5. The smallest absolute Gasteiger partial charge is 0.235 e. The molecule has 0 aliphatic carbocycles. The Labute approximate surface area is 162 Å². The second kappa shape index (κ2) is 8.61. The first kappa shape index (κ1) is 19.5. The largest absolute Gasteiger partial charge is 0.360 e. The second-order valence-electron chi connectivity index (χ2n) is 5.72. The van der Waals surface area contributed by atoms with Crippen LogP contribution in [-0.4, -0.2) is 48.7 Å². The van der Waals surface area contributed by atoms with Gasteiger partial charge in [0.05, 0.1) is 11.5 Å². The monoisotopic (exact) mass is 405 g/mol. The molecule has 0 radical (unpaired) electrons. The molecule has 0 atom stereocenters. The average Bonchev–Trinajstić information content (AvgIpc) is 3.24. The highest BCUT2D eigenvalue weighted by molar-refractivity contribution is 8.00. The van der Waals surface area contributed by atoms with Gasteiger partial charge in [0.15, 0.2) is 11.6 Å². The molecule has 0 aliphatic rings. The minimum Gasteiger partial charge on any atom is -0.360 e. The standard InChI is InChI=1S/C16H16FN7O3S/c1-9-5-14(21-27-9)19-16(26)8-28-7-15(25)18-11-3-4-12(17)13(6-11)24-10(2)20-22-23-24/h3-6H,7-8H2,1-2H3,(H,18,25)(H,19,21,26). The highest BCUT2D eigenvalue weighted by Gasteiger charge is 2.12. The van der Waals surface area contributed by atoms with Crippen LogP contribution in [-0.2, 0) is 9.59 Å². The number of aromatic nitrogens is 5. The maximum atomic E-state index is 14.0. The Morgan fingerprint density at radius 1 is 1.18 bits per heavy atom. The lowest BCUT2D eigenvalue weighted by molar-refractivity contribution is -0.114. The first-order valence-electron chi connectivity index (χ1n) is 8.08. The molecule has 0 bridgehead atoms. The van der Waals surface area contributed by atoms with E-state index in [1.165, 1.54) is 22.9 Å². The summed E-state index contributed by atoms with van der Waals surface area (Å²) in [4.78, 5) is 23.9. The lowest BCUT2D eigenvalue weighted by Crippen LogP contribution is -2.18. The third-order valence-electron chi connectivity index (χ3n) is 3.45. The Morgan fingerprint density at radius 3 is 2.57 bits per heavy atom. The first-order valence-corrected chi connectivity index (χ1v) is 9.23. The van der Waals surface area contributed by atoms with E-state index in [1.807, 2.05) is 0 Å². The molecule has 0 fully saturated rings. The molecule has 3 rings (SSSR count). The molecule has 28 heavy (non-hydrogen) atoms. The summed E-state index contributed by atoms with van der Waals surface area (Å²) in [6.07, 6.45) is 0. The summed E-state index contributed by atoms with van der Waals surface area (Å²) < 4.78 is 20.1. The number of rotatable bonds is 7. The van der Waals surface area contributed by atoms with Crippen LogP contribution in [0.2, 0.25) is 0 Å². The summed E-state index contributed by atoms with van der Waals surface area (Å²) in [7, 11) is 0. The van der Waals surface area contributed by atoms with Crippen LogP contribution in [0, 0.1) is 19.7 Å². The number of nitrogens with one attached hydrogen (secondary N) is 2. The molecule has 2 aromatic heterocycles. The van der Waals surface area contributed by atoms with E-state index >= 15 is 0 Å². The lowest BCUT2D eigenvalue weighted by Gasteiger charge is -2.09. The van der Waals surface area contributed by atoms with Crippen LogP contribution in [0.25, 0.3) is 5.69 Å². The average molecular weight is 405 g/mol. The zero-order valence-corrected chi connectivity index (χ0v) is 15.8. The third kappa shape index (κ3) is 4.91. The second-order valence-corrected chi connectivity index (χ2v) is 6.70. The van der Waals surface area contributed by atoms with Gasteiger partial charge in [-0.3, -0.25) is 9.59 Å². The topological polar surface area (TPSA) is 128 Å². The number of tetrazole rings is 1. The van der Waals surface area contributed by atoms with E-state index in [1.54, 1.807) is 19.9 Å². The van der Waals surface area contributed by atoms with Gasteiger partial charge in [0.25, 0.3) is 0 Å². The van der Waals surface area contributed by atoms with E-state index in [0.29, 0.717) is 23.1 Å². The summed E-state index contributed by atoms with van der Waals surface area (Å²) in [5.41, 5.74) is 0.509. The molecule has 2 heterocycles. The molecule has 10 nitrogen and oxygen atoms in total. The van der Waals surface area contributed by atoms with Crippen molar-refractivity contribution in [3.8, 4) is 5.69 Å². The van der Waals surface area contributed by atoms with E-state index < -0.39 is 5.82 Å². The Morgan fingerprint density at radius 2 is 1.93 bits per heavy atom. The van der Waals surface area contributed by atoms with Gasteiger partial charge in [0.2, 0.25) is 11.8 Å². The van der Waals surface area contributed by atoms with Gasteiger partial charge >= 0.3 is 0 Å². The highest BCUT2D eigenvalue weighted by atomic mass is 32.2. The minimum absolute atomic E-state index is 0.0435. The SMILES string of the molecule is Cc1cc(NC(=O)CSCC(=O)Nc2ccc(F)c(-n3nnnc3C)c2)no1. The summed E-state index contributed by atoms with van der Waals surface area (Å²) in [6, 6.07) is 5.67. The van der Waals surface area contributed by atoms with Crippen LogP contribution in [0.4, 0.5) is 15.9 Å². The number of aryl methyl sites for hydroxylation is 2. The van der Waals surface area contributed by atoms with Gasteiger partial charge < -0.3 is 15.2 Å². The predicted octanol–water partition coefficient (Wildman–Crippen LogP) is 1.72. The van der Waals surface area contributed by atoms with Crippen molar-refractivity contribution < 1.29 is 18.5 Å². The zero-order valence-electron chi connectivity index (χ0n) is 15.0. The number of carbonyl (C=O) groups excluding carboxylic acids is 2. The molecule has 0 saturated carbocycles. The molecular weight excluding hydrogens is 389 g/mol. The number of thioether (sulfide) groups is 1. The summed E-state index contributed by atoms with van der Waals surface area (Å²) >= 11 is 1.13. The number of hydrogen-bond donors (Lipinski definition) is 2. The van der Waals surface area contributed by atoms with E-state index in [4.69, 9.17) is 4.52 Å². The Hall–Kier alpha value is -3.28. The number of benzene rings is 1. The van der Waals surface area contributed by atoms with Crippen molar-refractivity contribution in [1.29, 1.82) is 0 Å². The number of amides is 2. The third-order valence-corrected chi connectivity index (χ3v) is 4.38. The molecule has 0 saturated heterocycles. The normalized spacial score (nSPS) is 10.7. The van der Waals surface area contributed by atoms with Crippen LogP contribution >= 0.6 is 11.8 Å². The molecule has 3 aromatic rings. The molecule has 12 heteroatoms. The first-order chi connectivity index (χ1) is 13.4. The van der Waals surface area contributed by atoms with E-state index in [2.05, 4.69) is 31.3 Å². The molecular formula is C16H16FN7O3S. The van der Waals surface area contributed by atoms with Gasteiger partial charge in [0, 0.05) is 11.8 Å². The fourth-order valence-electron chi connectivity index (χ4n) is 2.24. The van der Waals surface area contributed by atoms with Crippen molar-refractivity contribution >= 4 is 35.1 Å². The summed E-state index contributed by atoms with van der Waals surface area (Å²) in [5.74, 6) is 0.265. The molecule has 2 amide bonds. The van der Waals surface area contributed by atoms with Gasteiger partial charge in [-0.2, -0.15) is 4.68 Å². The van der Waals surface area contributed by atoms with E-state index in [-0.39, 0.29) is 29.0 Å².